The molecule has 1 aliphatic rings. The number of halogens is 6. The van der Waals surface area contributed by atoms with E-state index in [-0.39, 0.29) is 23.7 Å². The molecule has 10 heteroatoms. The van der Waals surface area contributed by atoms with Gasteiger partial charge in [-0.25, -0.2) is 0 Å². The van der Waals surface area contributed by atoms with Gasteiger partial charge in [0, 0.05) is 18.3 Å². The van der Waals surface area contributed by atoms with E-state index in [1.54, 1.807) is 19.1 Å². The van der Waals surface area contributed by atoms with Crippen LogP contribution in [0.15, 0.2) is 42.5 Å². The molecule has 1 aliphatic heterocycles. The Bertz CT molecular complexity index is 1210. The maximum Gasteiger partial charge on any atom is 0.430 e. The highest BCUT2D eigenvalue weighted by molar-refractivity contribution is 5.71. The summed E-state index contributed by atoms with van der Waals surface area (Å²) in [5, 5.41) is 9.45. The summed E-state index contributed by atoms with van der Waals surface area (Å²) in [7, 11) is 0. The topological polar surface area (TPSA) is 55.8 Å². The highest BCUT2D eigenvalue weighted by Crippen LogP contribution is 2.45. The minimum atomic E-state index is -5.92. The predicted octanol–water partition coefficient (Wildman–Crippen LogP) is 7.75. The highest BCUT2D eigenvalue weighted by atomic mass is 19.4. The van der Waals surface area contributed by atoms with Crippen LogP contribution in [0.25, 0.3) is 6.08 Å². The average molecular weight is 573 g/mol. The molecular weight excluding hydrogens is 538 g/mol. The first-order valence-corrected chi connectivity index (χ1v) is 13.2. The zero-order valence-corrected chi connectivity index (χ0v) is 22.9. The first-order chi connectivity index (χ1) is 18.6. The average Bonchev–Trinajstić information content (AvgIpc) is 3.29. The number of hydrogen-bond acceptors (Lipinski definition) is 4. The van der Waals surface area contributed by atoms with Gasteiger partial charge in [-0.1, -0.05) is 50.3 Å². The smallest absolute Gasteiger partial charge is 0.430 e. The van der Waals surface area contributed by atoms with Crippen molar-refractivity contribution in [3.63, 3.8) is 0 Å². The van der Waals surface area contributed by atoms with Crippen LogP contribution in [0.1, 0.15) is 73.8 Å². The van der Waals surface area contributed by atoms with E-state index >= 15 is 0 Å². The zero-order valence-electron chi connectivity index (χ0n) is 22.9. The van der Waals surface area contributed by atoms with Gasteiger partial charge in [0.05, 0.1) is 6.61 Å². The van der Waals surface area contributed by atoms with Gasteiger partial charge in [0.25, 0.3) is 5.60 Å². The Morgan fingerprint density at radius 3 is 2.00 bits per heavy atom. The largest absolute Gasteiger partial charge is 0.493 e. The molecule has 0 radical (unpaired) electrons. The number of rotatable bonds is 10. The number of aryl methyl sites for hydroxylation is 2. The second kappa shape index (κ2) is 11.8. The summed E-state index contributed by atoms with van der Waals surface area (Å²) in [5.41, 5.74) is -2.05. The molecule has 0 unspecified atom stereocenters. The molecule has 1 heterocycles. The van der Waals surface area contributed by atoms with E-state index in [0.717, 1.165) is 16.7 Å². The van der Waals surface area contributed by atoms with Crippen LogP contribution in [0.3, 0.4) is 0 Å². The normalized spacial score (nSPS) is 17.0. The third-order valence-corrected chi connectivity index (χ3v) is 7.79. The Morgan fingerprint density at radius 2 is 1.52 bits per heavy atom. The lowest BCUT2D eigenvalue weighted by Crippen LogP contribution is -2.55. The van der Waals surface area contributed by atoms with Gasteiger partial charge < -0.3 is 14.6 Å². The number of cyclic esters (lactones) is 1. The second-order valence-corrected chi connectivity index (χ2v) is 10.2. The third-order valence-electron chi connectivity index (χ3n) is 7.79. The Morgan fingerprint density at radius 1 is 0.950 bits per heavy atom. The molecular formula is C30H34F6O4. The van der Waals surface area contributed by atoms with E-state index in [9.17, 15) is 36.2 Å². The maximum atomic E-state index is 13.1. The molecule has 1 saturated heterocycles. The molecule has 1 atom stereocenters. The molecule has 0 aliphatic carbocycles. The number of aliphatic hydroxyl groups is 1. The monoisotopic (exact) mass is 572 g/mol. The fourth-order valence-electron chi connectivity index (χ4n) is 5.15. The van der Waals surface area contributed by atoms with Gasteiger partial charge in [-0.05, 0) is 73.1 Å². The van der Waals surface area contributed by atoms with Crippen molar-refractivity contribution in [1.82, 2.24) is 0 Å². The number of alkyl halides is 6. The van der Waals surface area contributed by atoms with Crippen LogP contribution in [-0.2, 0) is 14.9 Å². The van der Waals surface area contributed by atoms with Crippen LogP contribution >= 0.6 is 0 Å². The molecule has 2 aromatic rings. The van der Waals surface area contributed by atoms with Crippen molar-refractivity contribution in [2.24, 2.45) is 0 Å². The number of benzene rings is 2. The Balaban J connectivity index is 1.86. The minimum Gasteiger partial charge on any atom is -0.493 e. The van der Waals surface area contributed by atoms with Crippen LogP contribution in [0.4, 0.5) is 26.3 Å². The maximum absolute atomic E-state index is 13.1. The summed E-state index contributed by atoms with van der Waals surface area (Å²) in [6.45, 7) is 7.95. The van der Waals surface area contributed by atoms with Gasteiger partial charge in [-0.3, -0.25) is 4.79 Å². The first kappa shape index (κ1) is 31.5. The summed E-state index contributed by atoms with van der Waals surface area (Å²) in [4.78, 5) is 11.3. The molecule has 0 spiro atoms. The SMILES string of the molecule is CCC(CC)(c1ccc(/C=C/C(O)(C(F)(F)F)C(F)(F)F)c(C)c1)c1ccc(OCC[C@@H]2CCC(=O)O2)c(C)c1. The Kier molecular flexibility index (Phi) is 9.33. The first-order valence-electron chi connectivity index (χ1n) is 13.2. The predicted molar refractivity (Wildman–Crippen MR) is 139 cm³/mol. The van der Waals surface area contributed by atoms with Crippen molar-refractivity contribution in [2.45, 2.75) is 89.3 Å². The van der Waals surface area contributed by atoms with Crippen molar-refractivity contribution in [3.8, 4) is 5.75 Å². The molecule has 0 bridgehead atoms. The van der Waals surface area contributed by atoms with Crippen LogP contribution in [0.2, 0.25) is 0 Å². The fourth-order valence-corrected chi connectivity index (χ4v) is 5.15. The van der Waals surface area contributed by atoms with Crippen molar-refractivity contribution in [2.75, 3.05) is 6.61 Å². The van der Waals surface area contributed by atoms with Gasteiger partial charge in [-0.2, -0.15) is 26.3 Å². The Hall–Kier alpha value is -3.01. The number of hydrogen-bond donors (Lipinski definition) is 1. The minimum absolute atomic E-state index is 0.128. The van der Waals surface area contributed by atoms with Crippen molar-refractivity contribution >= 4 is 12.0 Å². The van der Waals surface area contributed by atoms with Crippen LogP contribution in [0.5, 0.6) is 5.75 Å². The zero-order chi connectivity index (χ0) is 29.9. The lowest BCUT2D eigenvalue weighted by molar-refractivity contribution is -0.347. The number of ether oxygens (including phenoxy) is 2. The molecule has 4 nitrogen and oxygen atoms in total. The van der Waals surface area contributed by atoms with Crippen molar-refractivity contribution in [1.29, 1.82) is 0 Å². The van der Waals surface area contributed by atoms with Crippen LogP contribution in [0, 0.1) is 13.8 Å². The molecule has 0 amide bonds. The lowest BCUT2D eigenvalue weighted by Gasteiger charge is -2.34. The summed E-state index contributed by atoms with van der Waals surface area (Å²) in [6.07, 6.45) is -8.48. The van der Waals surface area contributed by atoms with E-state index in [4.69, 9.17) is 9.47 Å². The molecule has 1 N–H and O–H groups in total. The van der Waals surface area contributed by atoms with Crippen molar-refractivity contribution in [3.05, 3.63) is 70.3 Å². The van der Waals surface area contributed by atoms with Gasteiger partial charge in [0.15, 0.2) is 0 Å². The molecule has 1 fully saturated rings. The quantitative estimate of drug-likeness (QED) is 0.234. The van der Waals surface area contributed by atoms with E-state index < -0.39 is 23.4 Å². The molecule has 0 saturated carbocycles. The molecule has 220 valence electrons. The van der Waals surface area contributed by atoms with Gasteiger partial charge >= 0.3 is 18.3 Å². The van der Waals surface area contributed by atoms with Gasteiger partial charge in [0.1, 0.15) is 11.9 Å². The lowest BCUT2D eigenvalue weighted by atomic mass is 9.70. The molecule has 0 aromatic heterocycles. The van der Waals surface area contributed by atoms with Crippen LogP contribution in [-0.4, -0.2) is 41.7 Å². The highest BCUT2D eigenvalue weighted by Gasteiger charge is 2.68. The molecule has 40 heavy (non-hydrogen) atoms. The fraction of sp³-hybridized carbons (Fsp3) is 0.500. The van der Waals surface area contributed by atoms with E-state index in [0.29, 0.717) is 56.1 Å². The van der Waals surface area contributed by atoms with Gasteiger partial charge in [0.2, 0.25) is 0 Å². The van der Waals surface area contributed by atoms with Crippen LogP contribution < -0.4 is 4.74 Å². The summed E-state index contributed by atoms with van der Waals surface area (Å²) in [5.74, 6) is 0.511. The summed E-state index contributed by atoms with van der Waals surface area (Å²) in [6, 6.07) is 10.8. The van der Waals surface area contributed by atoms with E-state index in [2.05, 4.69) is 0 Å². The molecule has 3 rings (SSSR count). The summed E-state index contributed by atoms with van der Waals surface area (Å²) >= 11 is 0. The Labute approximate surface area is 230 Å². The number of carbonyl (C=O) groups is 1. The standard InChI is InChI=1S/C30H34F6O4/c1-5-27(6-2,23-9-11-25(20(4)18-23)39-16-14-24-10-12-26(37)40-24)22-8-7-21(19(3)17-22)13-15-28(38,29(31,32)33)30(34,35)36/h7-9,11,13,15,17-18,24,38H,5-6,10,12,14,16H2,1-4H3/b15-13+/t24-/m0/s1. The second-order valence-electron chi connectivity index (χ2n) is 10.2. The van der Waals surface area contributed by atoms with E-state index in [1.807, 2.05) is 39.0 Å². The third kappa shape index (κ3) is 6.32. The van der Waals surface area contributed by atoms with E-state index in [1.165, 1.54) is 6.07 Å². The van der Waals surface area contributed by atoms with Crippen molar-refractivity contribution < 1.29 is 45.7 Å². The summed E-state index contributed by atoms with van der Waals surface area (Å²) < 4.78 is 89.6. The van der Waals surface area contributed by atoms with Gasteiger partial charge in [-0.15, -0.1) is 0 Å². The number of esters is 1. The molecule has 2 aromatic carbocycles. The number of carbonyl (C=O) groups excluding carboxylic acids is 1.